The van der Waals surface area contributed by atoms with E-state index in [1.165, 1.54) is 31.7 Å². The van der Waals surface area contributed by atoms with Crippen LogP contribution in [0.25, 0.3) is 49.7 Å². The van der Waals surface area contributed by atoms with Gasteiger partial charge < -0.3 is 10.3 Å². The number of rotatable bonds is 8. The maximum atomic E-state index is 13.7. The van der Waals surface area contributed by atoms with Gasteiger partial charge in [0.2, 0.25) is 0 Å². The van der Waals surface area contributed by atoms with Crippen LogP contribution in [0.15, 0.2) is 79.3 Å². The van der Waals surface area contributed by atoms with Gasteiger partial charge in [0.15, 0.2) is 22.3 Å². The second-order valence-corrected chi connectivity index (χ2v) is 10.6. The molecular weight excluding hydrogens is 509 g/mol. The number of halogens is 1. The zero-order valence-corrected chi connectivity index (χ0v) is 22.4. The van der Waals surface area contributed by atoms with E-state index < -0.39 is 0 Å². The summed E-state index contributed by atoms with van der Waals surface area (Å²) in [5, 5.41) is 10.8. The second-order valence-electron chi connectivity index (χ2n) is 9.59. The number of nitrogens with zero attached hydrogens (tertiary/aromatic N) is 4. The first-order valence-electron chi connectivity index (χ1n) is 13.0. The molecule has 5 aromatic rings. The molecule has 1 saturated carbocycles. The van der Waals surface area contributed by atoms with Gasteiger partial charge in [-0.2, -0.15) is 9.49 Å². The highest BCUT2D eigenvalue weighted by molar-refractivity contribution is 7.14. The summed E-state index contributed by atoms with van der Waals surface area (Å²) in [4.78, 5) is 18.2. The standard InChI is InChI=1S/C30H28FN7S/c1-4-18(16-20(5-2)33-17(3)19-8-6-7-9-19)22-10-11-23-27(34-22)28(38-37-23)30-35-26-21(14-15-32-29(26)36-30)24-12-13-25(31)39-24/h4-5,10-16,19,33H,2-3,6-9H2,1H3,(H,37,38)(H,32,35,36)/b18-4+,20-16+. The molecule has 39 heavy (non-hydrogen) atoms. The number of thiophene rings is 1. The summed E-state index contributed by atoms with van der Waals surface area (Å²) in [5.41, 5.74) is 7.82. The Bertz CT molecular complexity index is 1760. The second kappa shape index (κ2) is 10.4. The highest BCUT2D eigenvalue weighted by atomic mass is 32.1. The molecule has 5 heterocycles. The summed E-state index contributed by atoms with van der Waals surface area (Å²) in [7, 11) is 0. The van der Waals surface area contributed by atoms with Crippen molar-refractivity contribution in [3.05, 3.63) is 90.1 Å². The van der Waals surface area contributed by atoms with Crippen molar-refractivity contribution in [3.8, 4) is 22.0 Å². The maximum absolute atomic E-state index is 13.7. The first-order chi connectivity index (χ1) is 19.0. The Morgan fingerprint density at radius 1 is 1.15 bits per heavy atom. The van der Waals surface area contributed by atoms with Crippen LogP contribution in [0.5, 0.6) is 0 Å². The summed E-state index contributed by atoms with van der Waals surface area (Å²) in [6.07, 6.45) is 12.4. The molecule has 0 amide bonds. The maximum Gasteiger partial charge on any atom is 0.178 e. The molecule has 7 nitrogen and oxygen atoms in total. The molecule has 3 N–H and O–H groups in total. The monoisotopic (exact) mass is 537 g/mol. The number of hydrogen-bond donors (Lipinski definition) is 3. The highest BCUT2D eigenvalue weighted by Gasteiger charge is 2.20. The van der Waals surface area contributed by atoms with Crippen molar-refractivity contribution >= 4 is 39.1 Å². The van der Waals surface area contributed by atoms with Gasteiger partial charge in [-0.05, 0) is 73.7 Å². The van der Waals surface area contributed by atoms with Crippen LogP contribution in [0.1, 0.15) is 38.3 Å². The van der Waals surface area contributed by atoms with Gasteiger partial charge >= 0.3 is 0 Å². The summed E-state index contributed by atoms with van der Waals surface area (Å²) in [6, 6.07) is 9.00. The first kappa shape index (κ1) is 24.9. The Morgan fingerprint density at radius 3 is 2.74 bits per heavy atom. The van der Waals surface area contributed by atoms with Gasteiger partial charge in [-0.25, -0.2) is 15.0 Å². The van der Waals surface area contributed by atoms with Crippen LogP contribution in [0.3, 0.4) is 0 Å². The van der Waals surface area contributed by atoms with Gasteiger partial charge in [-0.15, -0.1) is 11.3 Å². The number of pyridine rings is 2. The van der Waals surface area contributed by atoms with Gasteiger partial charge in [0.25, 0.3) is 0 Å². The summed E-state index contributed by atoms with van der Waals surface area (Å²) in [5.74, 6) is 1.04. The fraction of sp³-hybridized carbons (Fsp3) is 0.200. The molecule has 0 aromatic carbocycles. The zero-order valence-electron chi connectivity index (χ0n) is 21.6. The number of hydrogen-bond acceptors (Lipinski definition) is 6. The minimum Gasteiger partial charge on any atom is -0.359 e. The third-order valence-electron chi connectivity index (χ3n) is 7.15. The number of aromatic nitrogens is 6. The van der Waals surface area contributed by atoms with Gasteiger partial charge in [-0.3, -0.25) is 5.10 Å². The molecule has 0 spiro atoms. The van der Waals surface area contributed by atoms with E-state index in [0.29, 0.717) is 28.6 Å². The van der Waals surface area contributed by atoms with Gasteiger partial charge in [0.1, 0.15) is 5.52 Å². The lowest BCUT2D eigenvalue weighted by molar-refractivity contribution is 0.607. The van der Waals surface area contributed by atoms with E-state index in [4.69, 9.17) is 4.98 Å². The van der Waals surface area contributed by atoms with Gasteiger partial charge in [-0.1, -0.05) is 32.1 Å². The van der Waals surface area contributed by atoms with Crippen LogP contribution in [-0.4, -0.2) is 30.1 Å². The molecule has 6 rings (SSSR count). The van der Waals surface area contributed by atoms with Crippen molar-refractivity contribution in [3.63, 3.8) is 0 Å². The number of imidazole rings is 1. The molecule has 1 fully saturated rings. The lowest BCUT2D eigenvalue weighted by Crippen LogP contribution is -2.16. The predicted octanol–water partition coefficient (Wildman–Crippen LogP) is 7.53. The van der Waals surface area contributed by atoms with E-state index in [1.807, 2.05) is 43.4 Å². The zero-order chi connectivity index (χ0) is 26.9. The van der Waals surface area contributed by atoms with E-state index in [9.17, 15) is 4.39 Å². The number of nitrogens with one attached hydrogen (secondary N) is 3. The number of aromatic amines is 2. The molecule has 9 heteroatoms. The topological polar surface area (TPSA) is 95.2 Å². The third-order valence-corrected chi connectivity index (χ3v) is 8.06. The van der Waals surface area contributed by atoms with Crippen molar-refractivity contribution in [1.82, 2.24) is 35.5 Å². The average molecular weight is 538 g/mol. The predicted molar refractivity (Wildman–Crippen MR) is 156 cm³/mol. The molecule has 5 aromatic heterocycles. The number of allylic oxidation sites excluding steroid dienone is 5. The van der Waals surface area contributed by atoms with E-state index in [-0.39, 0.29) is 5.13 Å². The first-order valence-corrected chi connectivity index (χ1v) is 13.8. The molecule has 0 unspecified atom stereocenters. The lowest BCUT2D eigenvalue weighted by Gasteiger charge is -2.16. The summed E-state index contributed by atoms with van der Waals surface area (Å²) >= 11 is 1.08. The van der Waals surface area contributed by atoms with E-state index in [1.54, 1.807) is 12.3 Å². The Hall–Kier alpha value is -4.37. The molecule has 1 aliphatic carbocycles. The molecule has 0 bridgehead atoms. The fourth-order valence-corrected chi connectivity index (χ4v) is 5.86. The molecule has 196 valence electrons. The Morgan fingerprint density at radius 2 is 2.00 bits per heavy atom. The molecule has 0 radical (unpaired) electrons. The lowest BCUT2D eigenvalue weighted by atomic mass is 10.0. The number of fused-ring (bicyclic) bond motifs is 2. The molecular formula is C30H28FN7S. The quantitative estimate of drug-likeness (QED) is 0.178. The van der Waals surface area contributed by atoms with E-state index >= 15 is 0 Å². The van der Waals surface area contributed by atoms with Crippen molar-refractivity contribution in [2.45, 2.75) is 32.6 Å². The van der Waals surface area contributed by atoms with Crippen molar-refractivity contribution in [1.29, 1.82) is 0 Å². The largest absolute Gasteiger partial charge is 0.359 e. The Kier molecular flexibility index (Phi) is 6.66. The van der Waals surface area contributed by atoms with Crippen LogP contribution in [0.4, 0.5) is 4.39 Å². The smallest absolute Gasteiger partial charge is 0.178 e. The SMILES string of the molecule is C=C/C(=C\C(=C/C)c1ccc2[nH]nc(-c3nc4nccc(-c5ccc(F)s5)c4[nH]3)c2n1)NC(=C)C1CCCC1. The van der Waals surface area contributed by atoms with Crippen LogP contribution in [0.2, 0.25) is 0 Å². The van der Waals surface area contributed by atoms with E-state index in [0.717, 1.165) is 55.5 Å². The molecule has 0 aliphatic heterocycles. The van der Waals surface area contributed by atoms with Crippen LogP contribution in [-0.2, 0) is 0 Å². The Balaban J connectivity index is 1.35. The third kappa shape index (κ3) is 4.81. The molecule has 0 saturated heterocycles. The summed E-state index contributed by atoms with van der Waals surface area (Å²) < 4.78 is 13.7. The molecule has 0 atom stereocenters. The molecule has 1 aliphatic rings. The van der Waals surface area contributed by atoms with Crippen molar-refractivity contribution in [2.75, 3.05) is 0 Å². The van der Waals surface area contributed by atoms with Crippen LogP contribution < -0.4 is 5.32 Å². The Labute approximate surface area is 229 Å². The highest BCUT2D eigenvalue weighted by Crippen LogP contribution is 2.34. The summed E-state index contributed by atoms with van der Waals surface area (Å²) in [6.45, 7) is 10.3. The van der Waals surface area contributed by atoms with Gasteiger partial charge in [0, 0.05) is 28.0 Å². The minimum atomic E-state index is -0.240. The number of H-pyrrole nitrogens is 2. The van der Waals surface area contributed by atoms with Crippen LogP contribution in [0, 0.1) is 11.0 Å². The van der Waals surface area contributed by atoms with E-state index in [2.05, 4.69) is 43.6 Å². The van der Waals surface area contributed by atoms with Crippen molar-refractivity contribution in [2.24, 2.45) is 5.92 Å². The van der Waals surface area contributed by atoms with Crippen molar-refractivity contribution < 1.29 is 4.39 Å². The van der Waals surface area contributed by atoms with Gasteiger partial charge in [0.05, 0.1) is 16.7 Å². The normalized spacial score (nSPS) is 14.9. The minimum absolute atomic E-state index is 0.240. The fourth-order valence-electron chi connectivity index (χ4n) is 5.09. The average Bonchev–Trinajstić information content (AvgIpc) is 3.76. The van der Waals surface area contributed by atoms with Crippen LogP contribution >= 0.6 is 11.3 Å².